The maximum atomic E-state index is 13.3. The molecule has 0 saturated carbocycles. The molecule has 1 atom stereocenters. The van der Waals surface area contributed by atoms with Gasteiger partial charge in [0.05, 0.1) is 10.7 Å². The number of nitrogens with zero attached hydrogens (tertiary/aromatic N) is 1. The highest BCUT2D eigenvalue weighted by atomic mass is 35.5. The maximum Gasteiger partial charge on any atom is 0.356 e. The van der Waals surface area contributed by atoms with Gasteiger partial charge in [0.1, 0.15) is 5.69 Å². The van der Waals surface area contributed by atoms with Crippen LogP contribution in [0.5, 0.6) is 0 Å². The molecule has 1 unspecified atom stereocenters. The van der Waals surface area contributed by atoms with Gasteiger partial charge < -0.3 is 14.6 Å². The Labute approximate surface area is 205 Å². The number of anilines is 1. The quantitative estimate of drug-likeness (QED) is 0.361. The molecular weight excluding hydrogens is 475 g/mol. The molecule has 0 aliphatic carbocycles. The smallest absolute Gasteiger partial charge is 0.356 e. The summed E-state index contributed by atoms with van der Waals surface area (Å²) in [6.45, 7) is 1.44. The minimum absolute atomic E-state index is 0.0547. The Morgan fingerprint density at radius 1 is 0.941 bits per heavy atom. The van der Waals surface area contributed by atoms with Gasteiger partial charge in [0.15, 0.2) is 6.10 Å². The molecule has 172 valence electrons. The number of carbonyl (C=O) groups is 2. The Hall–Kier alpha value is -3.61. The number of hydrogen-bond donors (Lipinski definition) is 1. The molecule has 1 aromatic heterocycles. The van der Waals surface area contributed by atoms with E-state index >= 15 is 0 Å². The first-order valence-corrected chi connectivity index (χ1v) is 11.2. The number of pyridine rings is 1. The fourth-order valence-corrected chi connectivity index (χ4v) is 4.15. The van der Waals surface area contributed by atoms with Crippen LogP contribution in [0.1, 0.15) is 17.4 Å². The third kappa shape index (κ3) is 4.55. The van der Waals surface area contributed by atoms with Gasteiger partial charge in [-0.05, 0) is 42.1 Å². The van der Waals surface area contributed by atoms with Crippen molar-refractivity contribution in [2.75, 3.05) is 5.32 Å². The number of nitrogens with one attached hydrogen (secondary N) is 1. The molecule has 1 heterocycles. The van der Waals surface area contributed by atoms with Crippen molar-refractivity contribution in [2.45, 2.75) is 13.0 Å². The number of fused-ring (bicyclic) bond motifs is 1. The van der Waals surface area contributed by atoms with Gasteiger partial charge in [0, 0.05) is 23.0 Å². The second-order valence-corrected chi connectivity index (χ2v) is 8.50. The van der Waals surface area contributed by atoms with Crippen LogP contribution in [0.15, 0.2) is 77.6 Å². The molecule has 0 bridgehead atoms. The molecule has 4 aromatic rings. The monoisotopic (exact) mass is 494 g/mol. The van der Waals surface area contributed by atoms with Gasteiger partial charge in [-0.15, -0.1) is 0 Å². The van der Waals surface area contributed by atoms with Crippen LogP contribution in [0.4, 0.5) is 5.69 Å². The zero-order valence-electron chi connectivity index (χ0n) is 18.3. The van der Waals surface area contributed by atoms with Crippen LogP contribution < -0.4 is 10.9 Å². The van der Waals surface area contributed by atoms with E-state index in [4.69, 9.17) is 27.9 Å². The average molecular weight is 495 g/mol. The van der Waals surface area contributed by atoms with Crippen LogP contribution in [0, 0.1) is 0 Å². The summed E-state index contributed by atoms with van der Waals surface area (Å²) in [6, 6.07) is 20.9. The van der Waals surface area contributed by atoms with Crippen LogP contribution in [-0.4, -0.2) is 22.5 Å². The fourth-order valence-electron chi connectivity index (χ4n) is 3.70. The van der Waals surface area contributed by atoms with E-state index < -0.39 is 18.0 Å². The standard InChI is InChI=1S/C26H20Cl2N2O4/c1-15(24(31)29-21-13-12-17(27)14-20(21)28)34-26(33)23-22(16-8-4-3-5-9-16)18-10-6-7-11-19(18)25(32)30(23)2/h3-15H,1-2H3,(H,29,31). The van der Waals surface area contributed by atoms with Crippen molar-refractivity contribution in [3.8, 4) is 11.1 Å². The average Bonchev–Trinajstić information content (AvgIpc) is 2.83. The van der Waals surface area contributed by atoms with Crippen LogP contribution in [-0.2, 0) is 16.6 Å². The summed E-state index contributed by atoms with van der Waals surface area (Å²) in [5, 5.41) is 4.39. The first kappa shape index (κ1) is 23.5. The van der Waals surface area contributed by atoms with E-state index in [0.29, 0.717) is 27.0 Å². The molecule has 0 aliphatic rings. The van der Waals surface area contributed by atoms with Crippen molar-refractivity contribution in [2.24, 2.45) is 7.05 Å². The largest absolute Gasteiger partial charge is 0.448 e. The van der Waals surface area contributed by atoms with E-state index in [1.54, 1.807) is 36.4 Å². The Bertz CT molecular complexity index is 1470. The topological polar surface area (TPSA) is 77.4 Å². The molecule has 1 N–H and O–H groups in total. The van der Waals surface area contributed by atoms with E-state index in [0.717, 1.165) is 5.56 Å². The minimum atomic E-state index is -1.16. The van der Waals surface area contributed by atoms with E-state index in [9.17, 15) is 14.4 Å². The number of rotatable bonds is 5. The lowest BCUT2D eigenvalue weighted by Gasteiger charge is -2.19. The Morgan fingerprint density at radius 2 is 1.59 bits per heavy atom. The molecule has 4 rings (SSSR count). The molecule has 0 fully saturated rings. The highest BCUT2D eigenvalue weighted by Crippen LogP contribution is 2.31. The number of ether oxygens (including phenoxy) is 1. The highest BCUT2D eigenvalue weighted by Gasteiger charge is 2.26. The van der Waals surface area contributed by atoms with Gasteiger partial charge in [0.2, 0.25) is 0 Å². The lowest BCUT2D eigenvalue weighted by molar-refractivity contribution is -0.123. The van der Waals surface area contributed by atoms with Gasteiger partial charge in [-0.25, -0.2) is 4.79 Å². The normalized spacial score (nSPS) is 11.8. The van der Waals surface area contributed by atoms with Gasteiger partial charge in [-0.1, -0.05) is 71.7 Å². The number of carbonyl (C=O) groups excluding carboxylic acids is 2. The van der Waals surface area contributed by atoms with E-state index in [1.165, 1.54) is 24.6 Å². The van der Waals surface area contributed by atoms with E-state index in [-0.39, 0.29) is 16.3 Å². The lowest BCUT2D eigenvalue weighted by atomic mass is 9.97. The lowest BCUT2D eigenvalue weighted by Crippen LogP contribution is -2.33. The minimum Gasteiger partial charge on any atom is -0.448 e. The zero-order chi connectivity index (χ0) is 24.4. The van der Waals surface area contributed by atoms with Gasteiger partial charge in [-0.2, -0.15) is 0 Å². The molecule has 0 saturated heterocycles. The predicted octanol–water partition coefficient (Wildman–Crippen LogP) is 5.70. The van der Waals surface area contributed by atoms with Gasteiger partial charge >= 0.3 is 5.97 Å². The SMILES string of the molecule is CC(OC(=O)c1c(-c2ccccc2)c2ccccc2c(=O)n1C)C(=O)Nc1ccc(Cl)cc1Cl. The van der Waals surface area contributed by atoms with Gasteiger partial charge in [0.25, 0.3) is 11.5 Å². The molecule has 0 aliphatic heterocycles. The highest BCUT2D eigenvalue weighted by molar-refractivity contribution is 6.36. The van der Waals surface area contributed by atoms with Crippen molar-refractivity contribution in [3.63, 3.8) is 0 Å². The number of hydrogen-bond acceptors (Lipinski definition) is 4. The van der Waals surface area contributed by atoms with Crippen molar-refractivity contribution in [1.82, 2.24) is 4.57 Å². The van der Waals surface area contributed by atoms with Crippen molar-refractivity contribution in [1.29, 1.82) is 0 Å². The fraction of sp³-hybridized carbons (Fsp3) is 0.115. The van der Waals surface area contributed by atoms with Crippen LogP contribution in [0.3, 0.4) is 0 Å². The molecule has 3 aromatic carbocycles. The summed E-state index contributed by atoms with van der Waals surface area (Å²) in [5.41, 5.74) is 1.34. The Kier molecular flexibility index (Phi) is 6.72. The second kappa shape index (κ2) is 9.71. The van der Waals surface area contributed by atoms with Crippen molar-refractivity contribution < 1.29 is 14.3 Å². The number of benzene rings is 3. The van der Waals surface area contributed by atoms with Gasteiger partial charge in [-0.3, -0.25) is 9.59 Å². The molecule has 34 heavy (non-hydrogen) atoms. The molecule has 1 amide bonds. The number of aromatic nitrogens is 1. The summed E-state index contributed by atoms with van der Waals surface area (Å²) in [7, 11) is 1.51. The summed E-state index contributed by atoms with van der Waals surface area (Å²) in [5.74, 6) is -1.38. The zero-order valence-corrected chi connectivity index (χ0v) is 19.9. The third-order valence-corrected chi connectivity index (χ3v) is 5.95. The number of esters is 1. The van der Waals surface area contributed by atoms with Crippen molar-refractivity contribution in [3.05, 3.63) is 98.9 Å². The van der Waals surface area contributed by atoms with E-state index in [1.807, 2.05) is 30.3 Å². The molecular formula is C26H20Cl2N2O4. The number of amides is 1. The summed E-state index contributed by atoms with van der Waals surface area (Å²) in [6.07, 6.45) is -1.16. The van der Waals surface area contributed by atoms with Crippen LogP contribution in [0.25, 0.3) is 21.9 Å². The first-order chi connectivity index (χ1) is 16.3. The molecule has 6 nitrogen and oxygen atoms in total. The molecule has 0 spiro atoms. The van der Waals surface area contributed by atoms with Crippen molar-refractivity contribution >= 4 is 51.5 Å². The Morgan fingerprint density at radius 3 is 2.26 bits per heavy atom. The van der Waals surface area contributed by atoms with Crippen LogP contribution >= 0.6 is 23.2 Å². The summed E-state index contributed by atoms with van der Waals surface area (Å²) >= 11 is 12.0. The van der Waals surface area contributed by atoms with E-state index in [2.05, 4.69) is 5.32 Å². The summed E-state index contributed by atoms with van der Waals surface area (Å²) < 4.78 is 6.76. The maximum absolute atomic E-state index is 13.3. The number of halogens is 2. The van der Waals surface area contributed by atoms with Crippen LogP contribution in [0.2, 0.25) is 10.0 Å². The second-order valence-electron chi connectivity index (χ2n) is 7.66. The predicted molar refractivity (Wildman–Crippen MR) is 135 cm³/mol. The Balaban J connectivity index is 1.72. The molecule has 8 heteroatoms. The third-order valence-electron chi connectivity index (χ3n) is 5.40. The molecule has 0 radical (unpaired) electrons. The summed E-state index contributed by atoms with van der Waals surface area (Å²) in [4.78, 5) is 39.0. The first-order valence-electron chi connectivity index (χ1n) is 10.4.